The lowest BCUT2D eigenvalue weighted by Gasteiger charge is -2.11. The lowest BCUT2D eigenvalue weighted by molar-refractivity contribution is -0.137. The highest BCUT2D eigenvalue weighted by molar-refractivity contribution is 7.92. The van der Waals surface area contributed by atoms with E-state index in [9.17, 15) is 30.8 Å². The van der Waals surface area contributed by atoms with Gasteiger partial charge in [0, 0.05) is 22.5 Å². The fraction of sp³-hybridized carbons (Fsp3) is 0.0455. The molecule has 3 aromatic rings. The molecule has 0 atom stereocenters. The summed E-state index contributed by atoms with van der Waals surface area (Å²) < 4.78 is 79.3. The molecule has 4 rings (SSSR count). The van der Waals surface area contributed by atoms with Crippen LogP contribution in [0.2, 0.25) is 5.02 Å². The Labute approximate surface area is 190 Å². The number of fused-ring (bicyclic) bond motifs is 1. The molecule has 1 aliphatic rings. The highest BCUT2D eigenvalue weighted by Gasteiger charge is 2.30. The van der Waals surface area contributed by atoms with Gasteiger partial charge in [-0.25, -0.2) is 12.8 Å². The van der Waals surface area contributed by atoms with Gasteiger partial charge in [0.15, 0.2) is 0 Å². The quantitative estimate of drug-likeness (QED) is 0.354. The maximum Gasteiger partial charge on any atom is 0.416 e. The van der Waals surface area contributed by atoms with Gasteiger partial charge in [0.05, 0.1) is 15.5 Å². The van der Waals surface area contributed by atoms with Gasteiger partial charge in [0.25, 0.3) is 15.9 Å². The van der Waals surface area contributed by atoms with Crippen molar-refractivity contribution in [1.29, 1.82) is 0 Å². The summed E-state index contributed by atoms with van der Waals surface area (Å²) in [4.78, 5) is 12.2. The predicted molar refractivity (Wildman–Crippen MR) is 117 cm³/mol. The second-order valence-electron chi connectivity index (χ2n) is 7.07. The van der Waals surface area contributed by atoms with E-state index in [2.05, 4.69) is 10.0 Å². The number of halogens is 5. The minimum Gasteiger partial charge on any atom is -0.321 e. The molecule has 33 heavy (non-hydrogen) atoms. The largest absolute Gasteiger partial charge is 0.416 e. The third kappa shape index (κ3) is 4.71. The van der Waals surface area contributed by atoms with Gasteiger partial charge in [-0.1, -0.05) is 17.7 Å². The summed E-state index contributed by atoms with van der Waals surface area (Å²) in [7, 11) is -4.18. The first kappa shape index (κ1) is 22.8. The maximum atomic E-state index is 13.3. The van der Waals surface area contributed by atoms with Gasteiger partial charge in [-0.05, 0) is 66.2 Å². The molecule has 0 spiro atoms. The average Bonchev–Trinajstić information content (AvgIpc) is 3.04. The van der Waals surface area contributed by atoms with E-state index in [1.165, 1.54) is 36.4 Å². The smallest absolute Gasteiger partial charge is 0.321 e. The van der Waals surface area contributed by atoms with Crippen molar-refractivity contribution in [1.82, 2.24) is 0 Å². The van der Waals surface area contributed by atoms with Crippen LogP contribution in [0.1, 0.15) is 16.7 Å². The summed E-state index contributed by atoms with van der Waals surface area (Å²) >= 11 is 6.02. The zero-order valence-corrected chi connectivity index (χ0v) is 17.9. The number of benzene rings is 3. The second-order valence-corrected chi connectivity index (χ2v) is 9.16. The van der Waals surface area contributed by atoms with E-state index >= 15 is 0 Å². The SMILES string of the molecule is O=C1Nc2ccc(S(=O)(=O)Nc3ccc(C(F)(F)F)cc3)cc2C1=Cc1ccc(F)cc1Cl. The average molecular weight is 497 g/mol. The molecule has 0 aromatic heterocycles. The van der Waals surface area contributed by atoms with Crippen molar-refractivity contribution in [3.05, 3.63) is 88.2 Å². The molecular weight excluding hydrogens is 484 g/mol. The van der Waals surface area contributed by atoms with Crippen molar-refractivity contribution in [3.8, 4) is 0 Å². The number of alkyl halides is 3. The Hall–Kier alpha value is -3.37. The number of anilines is 2. The first-order valence-corrected chi connectivity index (χ1v) is 11.1. The second kappa shape index (κ2) is 8.20. The van der Waals surface area contributed by atoms with Gasteiger partial charge in [0.2, 0.25) is 0 Å². The van der Waals surface area contributed by atoms with Gasteiger partial charge in [-0.3, -0.25) is 9.52 Å². The standard InChI is InChI=1S/C22H13ClF4N2O3S/c23-19-10-14(24)4-1-12(19)9-18-17-11-16(7-8-20(17)28-21(18)30)33(31,32)29-15-5-2-13(3-6-15)22(25,26)27/h1-11,29H,(H,28,30). The number of sulfonamides is 1. The van der Waals surface area contributed by atoms with Crippen LogP contribution in [0.25, 0.3) is 11.6 Å². The summed E-state index contributed by atoms with van der Waals surface area (Å²) in [6.45, 7) is 0. The molecule has 0 bridgehead atoms. The lowest BCUT2D eigenvalue weighted by Crippen LogP contribution is -2.13. The lowest BCUT2D eigenvalue weighted by atomic mass is 10.0. The van der Waals surface area contributed by atoms with Crippen LogP contribution in [0.15, 0.2) is 65.6 Å². The van der Waals surface area contributed by atoms with E-state index in [1.54, 1.807) is 0 Å². The minimum atomic E-state index is -4.55. The van der Waals surface area contributed by atoms with Crippen LogP contribution in [0.3, 0.4) is 0 Å². The Morgan fingerprint density at radius 2 is 1.67 bits per heavy atom. The number of rotatable bonds is 4. The Kier molecular flexibility index (Phi) is 5.67. The molecular formula is C22H13ClF4N2O3S. The molecule has 0 fully saturated rings. The van der Waals surface area contributed by atoms with Crippen molar-refractivity contribution in [2.24, 2.45) is 0 Å². The Balaban J connectivity index is 1.67. The Bertz CT molecular complexity index is 1400. The summed E-state index contributed by atoms with van der Waals surface area (Å²) in [5.41, 5.74) is 0.124. The summed E-state index contributed by atoms with van der Waals surface area (Å²) in [5.74, 6) is -1.06. The zero-order chi connectivity index (χ0) is 24.0. The first-order valence-electron chi connectivity index (χ1n) is 9.27. The van der Waals surface area contributed by atoms with Crippen molar-refractivity contribution in [2.45, 2.75) is 11.1 Å². The zero-order valence-electron chi connectivity index (χ0n) is 16.4. The maximum absolute atomic E-state index is 13.3. The van der Waals surface area contributed by atoms with Crippen molar-refractivity contribution < 1.29 is 30.8 Å². The van der Waals surface area contributed by atoms with Crippen molar-refractivity contribution >= 4 is 50.6 Å². The van der Waals surface area contributed by atoms with Gasteiger partial charge in [-0.2, -0.15) is 13.2 Å². The number of carbonyl (C=O) groups excluding carboxylic acids is 1. The molecule has 0 radical (unpaired) electrons. The molecule has 0 unspecified atom stereocenters. The van der Waals surface area contributed by atoms with Gasteiger partial charge >= 0.3 is 6.18 Å². The van der Waals surface area contributed by atoms with Crippen LogP contribution in [0, 0.1) is 5.82 Å². The molecule has 1 heterocycles. The topological polar surface area (TPSA) is 75.3 Å². The van der Waals surface area contributed by atoms with Crippen LogP contribution in [-0.4, -0.2) is 14.3 Å². The predicted octanol–water partition coefficient (Wildman–Crippen LogP) is 5.79. The van der Waals surface area contributed by atoms with Crippen molar-refractivity contribution in [2.75, 3.05) is 10.0 Å². The molecule has 1 amide bonds. The van der Waals surface area contributed by atoms with Crippen LogP contribution in [0.4, 0.5) is 28.9 Å². The van der Waals surface area contributed by atoms with E-state index in [-0.39, 0.29) is 26.7 Å². The van der Waals surface area contributed by atoms with E-state index in [0.717, 1.165) is 30.3 Å². The third-order valence-electron chi connectivity index (χ3n) is 4.81. The fourth-order valence-corrected chi connectivity index (χ4v) is 4.50. The monoisotopic (exact) mass is 496 g/mol. The van der Waals surface area contributed by atoms with Crippen LogP contribution >= 0.6 is 11.6 Å². The molecule has 0 saturated heterocycles. The number of amides is 1. The van der Waals surface area contributed by atoms with E-state index in [4.69, 9.17) is 11.6 Å². The molecule has 11 heteroatoms. The molecule has 0 saturated carbocycles. The number of carbonyl (C=O) groups is 1. The fourth-order valence-electron chi connectivity index (χ4n) is 3.19. The highest BCUT2D eigenvalue weighted by Crippen LogP contribution is 2.36. The van der Waals surface area contributed by atoms with E-state index in [0.29, 0.717) is 11.3 Å². The third-order valence-corrected chi connectivity index (χ3v) is 6.52. The van der Waals surface area contributed by atoms with Crippen molar-refractivity contribution in [3.63, 3.8) is 0 Å². The molecule has 2 N–H and O–H groups in total. The summed E-state index contributed by atoms with van der Waals surface area (Å²) in [6, 6.07) is 11.0. The first-order chi connectivity index (χ1) is 15.4. The molecule has 5 nitrogen and oxygen atoms in total. The number of nitrogens with one attached hydrogen (secondary N) is 2. The highest BCUT2D eigenvalue weighted by atomic mass is 35.5. The van der Waals surface area contributed by atoms with Crippen LogP contribution in [0.5, 0.6) is 0 Å². The number of hydrogen-bond acceptors (Lipinski definition) is 3. The minimum absolute atomic E-state index is 0.0634. The Morgan fingerprint density at radius 3 is 2.30 bits per heavy atom. The van der Waals surface area contributed by atoms with Gasteiger partial charge < -0.3 is 5.32 Å². The molecule has 3 aromatic carbocycles. The van der Waals surface area contributed by atoms with Gasteiger partial charge in [-0.15, -0.1) is 0 Å². The molecule has 1 aliphatic heterocycles. The van der Waals surface area contributed by atoms with Crippen LogP contribution < -0.4 is 10.0 Å². The van der Waals surface area contributed by atoms with Crippen LogP contribution in [-0.2, 0) is 21.0 Å². The Morgan fingerprint density at radius 1 is 0.970 bits per heavy atom. The summed E-state index contributed by atoms with van der Waals surface area (Å²) in [6.07, 6.45) is -3.14. The summed E-state index contributed by atoms with van der Waals surface area (Å²) in [5, 5.41) is 2.67. The van der Waals surface area contributed by atoms with E-state index in [1.807, 2.05) is 0 Å². The normalized spacial score (nSPS) is 14.8. The molecule has 0 aliphatic carbocycles. The van der Waals surface area contributed by atoms with E-state index < -0.39 is 33.5 Å². The molecule has 170 valence electrons. The number of hydrogen-bond donors (Lipinski definition) is 2. The van der Waals surface area contributed by atoms with Gasteiger partial charge in [0.1, 0.15) is 5.82 Å².